The number of fused-ring (bicyclic) bond motifs is 3. The fraction of sp³-hybridized carbons (Fsp3) is 0.438. The number of aliphatic carboxylic acids is 1. The maximum Gasteiger partial charge on any atom is 0.310 e. The van der Waals surface area contributed by atoms with Crippen LogP contribution in [0.5, 0.6) is 5.88 Å². The molecule has 0 spiro atoms. The Morgan fingerprint density at radius 3 is 2.80 bits per heavy atom. The van der Waals surface area contributed by atoms with Crippen LogP contribution in [0.3, 0.4) is 0 Å². The van der Waals surface area contributed by atoms with Crippen LogP contribution < -0.4 is 4.74 Å². The second-order valence-electron chi connectivity index (χ2n) is 11.9. The van der Waals surface area contributed by atoms with Gasteiger partial charge in [-0.3, -0.25) is 9.69 Å². The highest BCUT2D eigenvalue weighted by atomic mass is 16.5. The number of carbonyl (C=O) groups is 1. The Bertz CT molecular complexity index is 1590. The molecule has 0 saturated carbocycles. The highest BCUT2D eigenvalue weighted by Crippen LogP contribution is 2.46. The van der Waals surface area contributed by atoms with Gasteiger partial charge in [-0.25, -0.2) is 9.67 Å². The average Bonchev–Trinajstić information content (AvgIpc) is 3.47. The molecule has 3 atom stereocenters. The quantitative estimate of drug-likeness (QED) is 0.342. The van der Waals surface area contributed by atoms with Crippen molar-refractivity contribution in [3.63, 3.8) is 0 Å². The minimum Gasteiger partial charge on any atom is -0.481 e. The molecule has 1 N–H and O–H groups in total. The minimum absolute atomic E-state index is 0.0726. The predicted octanol–water partition coefficient (Wildman–Crippen LogP) is 5.57. The Morgan fingerprint density at radius 1 is 1.20 bits per heavy atom. The summed E-state index contributed by atoms with van der Waals surface area (Å²) < 4.78 is 8.05. The Hall–Kier alpha value is -3.78. The van der Waals surface area contributed by atoms with Gasteiger partial charge in [0.1, 0.15) is 11.6 Å². The largest absolute Gasteiger partial charge is 0.481 e. The molecule has 0 bridgehead atoms. The van der Waals surface area contributed by atoms with Crippen molar-refractivity contribution < 1.29 is 14.6 Å². The van der Waals surface area contributed by atoms with E-state index in [4.69, 9.17) is 4.74 Å². The van der Waals surface area contributed by atoms with E-state index in [0.717, 1.165) is 71.5 Å². The molecule has 40 heavy (non-hydrogen) atoms. The van der Waals surface area contributed by atoms with Gasteiger partial charge in [0.2, 0.25) is 5.88 Å². The van der Waals surface area contributed by atoms with Gasteiger partial charge in [-0.05, 0) is 80.0 Å². The van der Waals surface area contributed by atoms with Crippen LogP contribution in [0, 0.1) is 12.3 Å². The van der Waals surface area contributed by atoms with Crippen molar-refractivity contribution in [1.29, 1.82) is 0 Å². The molecule has 0 fully saturated rings. The Balaban J connectivity index is 1.44. The molecule has 3 heterocycles. The van der Waals surface area contributed by atoms with Crippen molar-refractivity contribution in [3.8, 4) is 5.88 Å². The monoisotopic (exact) mass is 539 g/mol. The summed E-state index contributed by atoms with van der Waals surface area (Å²) in [5.74, 6) is -0.446. The van der Waals surface area contributed by atoms with Crippen molar-refractivity contribution in [2.24, 2.45) is 12.5 Å². The van der Waals surface area contributed by atoms with Gasteiger partial charge >= 0.3 is 5.97 Å². The summed E-state index contributed by atoms with van der Waals surface area (Å²) in [6, 6.07) is 15.0. The van der Waals surface area contributed by atoms with E-state index in [2.05, 4.69) is 57.5 Å². The number of carboxylic acids is 1. The third-order valence-corrected chi connectivity index (χ3v) is 9.05. The third kappa shape index (κ3) is 4.35. The van der Waals surface area contributed by atoms with Gasteiger partial charge in [-0.15, -0.1) is 5.10 Å². The Morgan fingerprint density at radius 2 is 2.02 bits per heavy atom. The highest BCUT2D eigenvalue weighted by molar-refractivity contribution is 5.81. The third-order valence-electron chi connectivity index (χ3n) is 9.05. The van der Waals surface area contributed by atoms with Crippen LogP contribution in [0.1, 0.15) is 79.0 Å². The normalized spacial score (nSPS) is 20.0. The number of hydrogen-bond donors (Lipinski definition) is 1. The predicted molar refractivity (Wildman–Crippen MR) is 153 cm³/mol. The van der Waals surface area contributed by atoms with Crippen LogP contribution in [0.15, 0.2) is 48.7 Å². The van der Waals surface area contributed by atoms with Gasteiger partial charge in [0.25, 0.3) is 0 Å². The minimum atomic E-state index is -1.04. The molecule has 208 valence electrons. The molecule has 1 aliphatic carbocycles. The van der Waals surface area contributed by atoms with Gasteiger partial charge in [0.05, 0.1) is 10.9 Å². The highest BCUT2D eigenvalue weighted by Gasteiger charge is 2.41. The van der Waals surface area contributed by atoms with Crippen LogP contribution in [-0.4, -0.2) is 48.6 Å². The zero-order valence-corrected chi connectivity index (χ0v) is 23.9. The summed E-state index contributed by atoms with van der Waals surface area (Å²) in [7, 11) is 1.87. The first-order valence-electron chi connectivity index (χ1n) is 14.2. The fourth-order valence-electron chi connectivity index (χ4n) is 6.67. The average molecular weight is 540 g/mol. The van der Waals surface area contributed by atoms with Gasteiger partial charge < -0.3 is 9.84 Å². The zero-order chi connectivity index (χ0) is 28.2. The lowest BCUT2D eigenvalue weighted by atomic mass is 9.69. The zero-order valence-electron chi connectivity index (χ0n) is 23.9. The molecule has 4 aromatic rings. The lowest BCUT2D eigenvalue weighted by Gasteiger charge is -2.34. The van der Waals surface area contributed by atoms with Crippen molar-refractivity contribution in [2.45, 2.75) is 71.6 Å². The Labute approximate surface area is 235 Å². The number of carboxylic acid groups (broad SMARTS) is 1. The lowest BCUT2D eigenvalue weighted by molar-refractivity contribution is -0.147. The summed E-state index contributed by atoms with van der Waals surface area (Å²) in [6.45, 7) is 9.45. The van der Waals surface area contributed by atoms with E-state index in [1.54, 1.807) is 10.9 Å². The fourth-order valence-corrected chi connectivity index (χ4v) is 6.67. The van der Waals surface area contributed by atoms with E-state index in [-0.39, 0.29) is 18.1 Å². The van der Waals surface area contributed by atoms with E-state index in [0.29, 0.717) is 0 Å². The molecule has 8 nitrogen and oxygen atoms in total. The standard InChI is InChI=1S/C32H37N5O3/c1-6-23-18-37(17-22-8-7-15-33-30(22)40-23)26-13-11-20-9-10-21(16-25(20)26)28(32(3,4)31(38)39)24-12-14-27-29(19(24)2)34-35-36(27)5/h7-10,12,14-16,23,26,28H,6,11,13,17-18H2,1-5H3,(H,38,39)/t23-,26?,28?/m1/s1. The van der Waals surface area contributed by atoms with Gasteiger partial charge in [-0.1, -0.05) is 42.5 Å². The SMILES string of the molecule is CC[C@@H]1CN(C2CCc3ccc(C(c4ccc5c(nnn5C)c4C)C(C)(C)C(=O)O)cc32)Cc2cccnc2O1. The molecule has 2 aliphatic rings. The molecule has 6 rings (SSSR count). The van der Waals surface area contributed by atoms with Crippen molar-refractivity contribution in [1.82, 2.24) is 24.9 Å². The number of ether oxygens (including phenoxy) is 1. The number of hydrogen-bond acceptors (Lipinski definition) is 6. The molecule has 2 aromatic carbocycles. The van der Waals surface area contributed by atoms with Crippen molar-refractivity contribution in [3.05, 3.63) is 82.0 Å². The molecule has 8 heteroatoms. The summed E-state index contributed by atoms with van der Waals surface area (Å²) in [5, 5.41) is 19.0. The first-order chi connectivity index (χ1) is 19.2. The first-order valence-corrected chi connectivity index (χ1v) is 14.2. The van der Waals surface area contributed by atoms with E-state index >= 15 is 0 Å². The van der Waals surface area contributed by atoms with Crippen LogP contribution in [0.2, 0.25) is 0 Å². The van der Waals surface area contributed by atoms with E-state index < -0.39 is 11.4 Å². The van der Waals surface area contributed by atoms with Gasteiger partial charge in [0, 0.05) is 43.9 Å². The molecule has 0 amide bonds. The van der Waals surface area contributed by atoms with Crippen LogP contribution in [0.4, 0.5) is 0 Å². The number of benzene rings is 2. The number of rotatable bonds is 6. The molecule has 2 aromatic heterocycles. The number of nitrogens with zero attached hydrogens (tertiary/aromatic N) is 5. The summed E-state index contributed by atoms with van der Waals surface area (Å²) in [4.78, 5) is 19.7. The van der Waals surface area contributed by atoms with Crippen LogP contribution >= 0.6 is 0 Å². The molecule has 2 unspecified atom stereocenters. The number of aromatic nitrogens is 4. The topological polar surface area (TPSA) is 93.4 Å². The van der Waals surface area contributed by atoms with Crippen molar-refractivity contribution in [2.75, 3.05) is 6.54 Å². The van der Waals surface area contributed by atoms with Gasteiger partial charge in [-0.2, -0.15) is 0 Å². The molecule has 0 radical (unpaired) electrons. The van der Waals surface area contributed by atoms with Crippen LogP contribution in [-0.2, 0) is 24.8 Å². The lowest BCUT2D eigenvalue weighted by Crippen LogP contribution is -2.35. The summed E-state index contributed by atoms with van der Waals surface area (Å²) >= 11 is 0. The summed E-state index contributed by atoms with van der Waals surface area (Å²) in [6.07, 6.45) is 4.81. The van der Waals surface area contributed by atoms with E-state index in [9.17, 15) is 9.90 Å². The van der Waals surface area contributed by atoms with E-state index in [1.807, 2.05) is 40.0 Å². The molecule has 0 saturated heterocycles. The second-order valence-corrected chi connectivity index (χ2v) is 11.9. The molecular formula is C32H37N5O3. The first kappa shape index (κ1) is 26.4. The Kier molecular flexibility index (Phi) is 6.61. The smallest absolute Gasteiger partial charge is 0.310 e. The van der Waals surface area contributed by atoms with E-state index in [1.165, 1.54) is 11.1 Å². The summed E-state index contributed by atoms with van der Waals surface area (Å²) in [5.41, 5.74) is 7.42. The maximum atomic E-state index is 12.7. The van der Waals surface area contributed by atoms with Crippen molar-refractivity contribution >= 4 is 17.0 Å². The van der Waals surface area contributed by atoms with Gasteiger partial charge in [0.15, 0.2) is 0 Å². The number of aryl methyl sites for hydroxylation is 3. The maximum absolute atomic E-state index is 12.7. The molecular weight excluding hydrogens is 502 g/mol. The van der Waals surface area contributed by atoms with Crippen LogP contribution in [0.25, 0.3) is 11.0 Å². The molecule has 1 aliphatic heterocycles. The second kappa shape index (κ2) is 10.0. The number of pyridine rings is 1.